The first-order chi connectivity index (χ1) is 5.47. The van der Waals surface area contributed by atoms with E-state index in [0.717, 1.165) is 12.8 Å². The summed E-state index contributed by atoms with van der Waals surface area (Å²) in [6, 6.07) is 0. The van der Waals surface area contributed by atoms with Crippen LogP contribution in [-0.4, -0.2) is 11.4 Å². The quantitative estimate of drug-likeness (QED) is 0.595. The molecule has 1 amide bonds. The Bertz CT molecular complexity index is 204. The highest BCUT2D eigenvalue weighted by Gasteiger charge is 2.14. The molecule has 0 bridgehead atoms. The van der Waals surface area contributed by atoms with Crippen LogP contribution >= 0.6 is 0 Å². The van der Waals surface area contributed by atoms with E-state index in [0.29, 0.717) is 0 Å². The Labute approximate surface area is 74.0 Å². The van der Waals surface area contributed by atoms with Gasteiger partial charge in [-0.15, -0.1) is 0 Å². The third-order valence-corrected chi connectivity index (χ3v) is 1.83. The van der Waals surface area contributed by atoms with Crippen molar-refractivity contribution in [3.05, 3.63) is 11.6 Å². The van der Waals surface area contributed by atoms with Crippen LogP contribution in [0.4, 0.5) is 0 Å². The van der Waals surface area contributed by atoms with E-state index in [1.807, 2.05) is 20.8 Å². The summed E-state index contributed by atoms with van der Waals surface area (Å²) < 4.78 is 0. The summed E-state index contributed by atoms with van der Waals surface area (Å²) in [7, 11) is 0. The standard InChI is InChI=1S/C10H17NO/c1-10(2,3)11-9(12)7-8-5-4-6-8/h7H,4-6H2,1-3H3,(H,11,12). The van der Waals surface area contributed by atoms with Gasteiger partial charge < -0.3 is 5.32 Å². The molecule has 0 saturated heterocycles. The fraction of sp³-hybridized carbons (Fsp3) is 0.700. The fourth-order valence-electron chi connectivity index (χ4n) is 1.12. The molecule has 1 aliphatic carbocycles. The summed E-state index contributed by atoms with van der Waals surface area (Å²) in [6.45, 7) is 5.97. The number of rotatable bonds is 1. The normalized spacial score (nSPS) is 16.8. The maximum Gasteiger partial charge on any atom is 0.244 e. The Hall–Kier alpha value is -0.790. The zero-order chi connectivity index (χ0) is 9.19. The molecule has 0 heterocycles. The second-order valence-electron chi connectivity index (χ2n) is 4.40. The van der Waals surface area contributed by atoms with Gasteiger partial charge in [0.25, 0.3) is 0 Å². The number of hydrogen-bond donors (Lipinski definition) is 1. The van der Waals surface area contributed by atoms with Crippen molar-refractivity contribution in [2.45, 2.75) is 45.6 Å². The van der Waals surface area contributed by atoms with Crippen molar-refractivity contribution in [1.82, 2.24) is 5.32 Å². The van der Waals surface area contributed by atoms with E-state index in [-0.39, 0.29) is 11.4 Å². The minimum Gasteiger partial charge on any atom is -0.348 e. The van der Waals surface area contributed by atoms with Gasteiger partial charge in [-0.2, -0.15) is 0 Å². The highest BCUT2D eigenvalue weighted by atomic mass is 16.1. The summed E-state index contributed by atoms with van der Waals surface area (Å²) in [6.07, 6.45) is 5.21. The van der Waals surface area contributed by atoms with E-state index in [2.05, 4.69) is 5.32 Å². The molecule has 12 heavy (non-hydrogen) atoms. The summed E-state index contributed by atoms with van der Waals surface area (Å²) in [5.74, 6) is 0.0530. The zero-order valence-corrected chi connectivity index (χ0v) is 8.11. The monoisotopic (exact) mass is 167 g/mol. The third kappa shape index (κ3) is 3.07. The van der Waals surface area contributed by atoms with E-state index in [9.17, 15) is 4.79 Å². The number of amides is 1. The second kappa shape index (κ2) is 3.30. The van der Waals surface area contributed by atoms with Crippen LogP contribution in [-0.2, 0) is 4.79 Å². The van der Waals surface area contributed by atoms with Crippen LogP contribution in [0.25, 0.3) is 0 Å². The van der Waals surface area contributed by atoms with E-state index in [4.69, 9.17) is 0 Å². The van der Waals surface area contributed by atoms with Crippen molar-refractivity contribution in [2.75, 3.05) is 0 Å². The molecule has 0 aromatic carbocycles. The minimum atomic E-state index is -0.113. The first kappa shape index (κ1) is 9.30. The Balaban J connectivity index is 2.38. The lowest BCUT2D eigenvalue weighted by Gasteiger charge is -2.21. The largest absolute Gasteiger partial charge is 0.348 e. The molecule has 0 spiro atoms. The first-order valence-corrected chi connectivity index (χ1v) is 4.49. The minimum absolute atomic E-state index is 0.0530. The Kier molecular flexibility index (Phi) is 2.55. The number of allylic oxidation sites excluding steroid dienone is 1. The molecule has 2 heteroatoms. The van der Waals surface area contributed by atoms with Gasteiger partial charge in [-0.1, -0.05) is 5.57 Å². The van der Waals surface area contributed by atoms with E-state index in [1.54, 1.807) is 6.08 Å². The van der Waals surface area contributed by atoms with Crippen LogP contribution in [0.1, 0.15) is 40.0 Å². The lowest BCUT2D eigenvalue weighted by molar-refractivity contribution is -0.117. The molecule has 1 aliphatic rings. The van der Waals surface area contributed by atoms with Gasteiger partial charge in [-0.05, 0) is 40.0 Å². The molecule has 0 aromatic rings. The predicted molar refractivity (Wildman–Crippen MR) is 49.8 cm³/mol. The molecular formula is C10H17NO. The number of carbonyl (C=O) groups is 1. The molecule has 0 unspecified atom stereocenters. The molecule has 0 aromatic heterocycles. The van der Waals surface area contributed by atoms with E-state index in [1.165, 1.54) is 12.0 Å². The molecule has 0 aliphatic heterocycles. The average Bonchev–Trinajstić information content (AvgIpc) is 1.74. The van der Waals surface area contributed by atoms with Crippen molar-refractivity contribution in [3.8, 4) is 0 Å². The molecule has 1 fully saturated rings. The summed E-state index contributed by atoms with van der Waals surface area (Å²) >= 11 is 0. The molecule has 0 atom stereocenters. The third-order valence-electron chi connectivity index (χ3n) is 1.83. The van der Waals surface area contributed by atoms with Crippen LogP contribution in [0, 0.1) is 0 Å². The van der Waals surface area contributed by atoms with Crippen molar-refractivity contribution >= 4 is 5.91 Å². The van der Waals surface area contributed by atoms with Gasteiger partial charge in [0.1, 0.15) is 0 Å². The molecule has 0 radical (unpaired) electrons. The van der Waals surface area contributed by atoms with Gasteiger partial charge in [0.2, 0.25) is 5.91 Å². The maximum atomic E-state index is 11.3. The Morgan fingerprint density at radius 1 is 1.42 bits per heavy atom. The molecule has 1 saturated carbocycles. The van der Waals surface area contributed by atoms with Crippen LogP contribution in [0.3, 0.4) is 0 Å². The van der Waals surface area contributed by atoms with Gasteiger partial charge in [-0.25, -0.2) is 0 Å². The van der Waals surface area contributed by atoms with Crippen molar-refractivity contribution < 1.29 is 4.79 Å². The van der Waals surface area contributed by atoms with Crippen LogP contribution in [0.5, 0.6) is 0 Å². The Morgan fingerprint density at radius 2 is 2.00 bits per heavy atom. The molecule has 2 nitrogen and oxygen atoms in total. The lowest BCUT2D eigenvalue weighted by Crippen LogP contribution is -2.39. The number of hydrogen-bond acceptors (Lipinski definition) is 1. The number of carbonyl (C=O) groups excluding carboxylic acids is 1. The summed E-state index contributed by atoms with van der Waals surface area (Å²) in [5.41, 5.74) is 1.18. The second-order valence-corrected chi connectivity index (χ2v) is 4.40. The van der Waals surface area contributed by atoms with Crippen LogP contribution < -0.4 is 5.32 Å². The van der Waals surface area contributed by atoms with E-state index >= 15 is 0 Å². The van der Waals surface area contributed by atoms with Gasteiger partial charge in [0.05, 0.1) is 0 Å². The summed E-state index contributed by atoms with van der Waals surface area (Å²) in [4.78, 5) is 11.3. The van der Waals surface area contributed by atoms with Gasteiger partial charge >= 0.3 is 0 Å². The average molecular weight is 167 g/mol. The maximum absolute atomic E-state index is 11.3. The Morgan fingerprint density at radius 3 is 2.33 bits per heavy atom. The molecule has 1 rings (SSSR count). The highest BCUT2D eigenvalue weighted by molar-refractivity contribution is 5.88. The first-order valence-electron chi connectivity index (χ1n) is 4.49. The summed E-state index contributed by atoms with van der Waals surface area (Å²) in [5, 5.41) is 2.90. The molecule has 68 valence electrons. The van der Waals surface area contributed by atoms with Gasteiger partial charge in [0.15, 0.2) is 0 Å². The van der Waals surface area contributed by atoms with Gasteiger partial charge in [-0.3, -0.25) is 4.79 Å². The van der Waals surface area contributed by atoms with Crippen LogP contribution in [0.2, 0.25) is 0 Å². The zero-order valence-electron chi connectivity index (χ0n) is 8.11. The SMILES string of the molecule is CC(C)(C)NC(=O)C=C1CCC1. The number of nitrogens with one attached hydrogen (secondary N) is 1. The predicted octanol–water partition coefficient (Wildman–Crippen LogP) is 2.01. The molecule has 1 N–H and O–H groups in total. The van der Waals surface area contributed by atoms with Crippen molar-refractivity contribution in [3.63, 3.8) is 0 Å². The van der Waals surface area contributed by atoms with Crippen molar-refractivity contribution in [2.24, 2.45) is 0 Å². The van der Waals surface area contributed by atoms with Gasteiger partial charge in [0, 0.05) is 11.6 Å². The fourth-order valence-corrected chi connectivity index (χ4v) is 1.12. The smallest absolute Gasteiger partial charge is 0.244 e. The van der Waals surface area contributed by atoms with E-state index < -0.39 is 0 Å². The van der Waals surface area contributed by atoms with Crippen LogP contribution in [0.15, 0.2) is 11.6 Å². The lowest BCUT2D eigenvalue weighted by atomic mass is 9.92. The topological polar surface area (TPSA) is 29.1 Å². The molecular weight excluding hydrogens is 150 g/mol. The van der Waals surface area contributed by atoms with Crippen molar-refractivity contribution in [1.29, 1.82) is 0 Å². The highest BCUT2D eigenvalue weighted by Crippen LogP contribution is 2.24.